The molecule has 0 amide bonds. The number of hydrogen-bond donors (Lipinski definition) is 1. The fourth-order valence-corrected chi connectivity index (χ4v) is 3.96. The Bertz CT molecular complexity index is 412. The third kappa shape index (κ3) is 3.21. The maximum absolute atomic E-state index is 10.8. The Kier molecular flexibility index (Phi) is 4.38. The van der Waals surface area contributed by atoms with Crippen LogP contribution in [-0.4, -0.2) is 17.3 Å². The van der Waals surface area contributed by atoms with E-state index >= 15 is 0 Å². The van der Waals surface area contributed by atoms with Gasteiger partial charge in [-0.15, -0.1) is 11.3 Å². The van der Waals surface area contributed by atoms with E-state index in [9.17, 15) is 5.11 Å². The molecule has 1 atom stereocenters. The summed E-state index contributed by atoms with van der Waals surface area (Å²) in [7, 11) is 0. The second kappa shape index (κ2) is 5.55. The van der Waals surface area contributed by atoms with Crippen molar-refractivity contribution in [2.45, 2.75) is 65.1 Å². The molecule has 0 aliphatic heterocycles. The summed E-state index contributed by atoms with van der Waals surface area (Å²) in [5.74, 6) is 0. The molecule has 1 aliphatic rings. The summed E-state index contributed by atoms with van der Waals surface area (Å²) in [6.45, 7) is 9.39. The van der Waals surface area contributed by atoms with Crippen LogP contribution in [0.25, 0.3) is 0 Å². The third-order valence-electron chi connectivity index (χ3n) is 4.41. The van der Waals surface area contributed by atoms with Crippen LogP contribution in [0, 0.1) is 12.3 Å². The van der Waals surface area contributed by atoms with E-state index in [0.717, 1.165) is 30.6 Å². The predicted octanol–water partition coefficient (Wildman–Crippen LogP) is 4.47. The van der Waals surface area contributed by atoms with Gasteiger partial charge in [0.1, 0.15) is 6.10 Å². The number of aliphatic hydroxyl groups is 1. The molecule has 0 saturated heterocycles. The lowest BCUT2D eigenvalue weighted by molar-refractivity contribution is -0.152. The number of aryl methyl sites for hydroxylation is 1. The van der Waals surface area contributed by atoms with E-state index in [4.69, 9.17) is 4.74 Å². The SMILES string of the molecule is CCOC1(C(O)c2ccc(C)s2)CCC(C)(C)CC1. The van der Waals surface area contributed by atoms with Crippen LogP contribution in [0.5, 0.6) is 0 Å². The molecule has 2 rings (SSSR count). The molecule has 1 N–H and O–H groups in total. The van der Waals surface area contributed by atoms with E-state index in [2.05, 4.69) is 26.8 Å². The molecular weight excluding hydrogens is 256 g/mol. The summed E-state index contributed by atoms with van der Waals surface area (Å²) < 4.78 is 6.05. The Hall–Kier alpha value is -0.380. The van der Waals surface area contributed by atoms with E-state index in [1.807, 2.05) is 13.0 Å². The second-order valence-corrected chi connectivity index (χ2v) is 7.83. The van der Waals surface area contributed by atoms with E-state index < -0.39 is 6.10 Å². The lowest BCUT2D eigenvalue weighted by atomic mass is 9.69. The molecule has 0 radical (unpaired) electrons. The first-order valence-corrected chi connectivity index (χ1v) is 8.09. The van der Waals surface area contributed by atoms with Gasteiger partial charge in [0.05, 0.1) is 5.60 Å². The lowest BCUT2D eigenvalue weighted by Gasteiger charge is -2.45. The van der Waals surface area contributed by atoms with Crippen molar-refractivity contribution >= 4 is 11.3 Å². The molecule has 108 valence electrons. The molecule has 1 aromatic heterocycles. The van der Waals surface area contributed by atoms with Crippen LogP contribution in [0.3, 0.4) is 0 Å². The van der Waals surface area contributed by atoms with Gasteiger partial charge in [0.2, 0.25) is 0 Å². The van der Waals surface area contributed by atoms with Gasteiger partial charge in [-0.25, -0.2) is 0 Å². The monoisotopic (exact) mass is 282 g/mol. The van der Waals surface area contributed by atoms with Crippen LogP contribution in [0.4, 0.5) is 0 Å². The largest absolute Gasteiger partial charge is 0.385 e. The van der Waals surface area contributed by atoms with E-state index in [1.165, 1.54) is 4.88 Å². The number of thiophene rings is 1. The molecular formula is C16H26O2S. The quantitative estimate of drug-likeness (QED) is 0.883. The number of ether oxygens (including phenoxy) is 1. The highest BCUT2D eigenvalue weighted by molar-refractivity contribution is 7.12. The molecule has 19 heavy (non-hydrogen) atoms. The summed E-state index contributed by atoms with van der Waals surface area (Å²) >= 11 is 1.68. The molecule has 1 aliphatic carbocycles. The minimum absolute atomic E-state index is 0.373. The minimum atomic E-state index is -0.484. The van der Waals surface area contributed by atoms with Crippen LogP contribution in [0.1, 0.15) is 62.3 Å². The fraction of sp³-hybridized carbons (Fsp3) is 0.750. The molecule has 0 aromatic carbocycles. The van der Waals surface area contributed by atoms with Crippen LogP contribution in [0.15, 0.2) is 12.1 Å². The highest BCUT2D eigenvalue weighted by Gasteiger charge is 2.45. The van der Waals surface area contributed by atoms with Gasteiger partial charge in [-0.2, -0.15) is 0 Å². The molecule has 1 fully saturated rings. The van der Waals surface area contributed by atoms with Crippen LogP contribution < -0.4 is 0 Å². The van der Waals surface area contributed by atoms with Crippen LogP contribution >= 0.6 is 11.3 Å². The van der Waals surface area contributed by atoms with Gasteiger partial charge in [0, 0.05) is 16.4 Å². The van der Waals surface area contributed by atoms with Crippen molar-refractivity contribution in [1.29, 1.82) is 0 Å². The summed E-state index contributed by atoms with van der Waals surface area (Å²) in [6, 6.07) is 4.13. The smallest absolute Gasteiger partial charge is 0.117 e. The summed E-state index contributed by atoms with van der Waals surface area (Å²) in [5.41, 5.74) is 0.00719. The van der Waals surface area contributed by atoms with Gasteiger partial charge in [-0.3, -0.25) is 0 Å². The molecule has 0 bridgehead atoms. The Morgan fingerprint density at radius 1 is 1.26 bits per heavy atom. The molecule has 2 nitrogen and oxygen atoms in total. The molecule has 1 saturated carbocycles. The topological polar surface area (TPSA) is 29.5 Å². The standard InChI is InChI=1S/C16H26O2S/c1-5-18-16(10-8-15(3,4)9-11-16)14(17)13-7-6-12(2)19-13/h6-7,14,17H,5,8-11H2,1-4H3. The predicted molar refractivity (Wildman–Crippen MR) is 80.6 cm³/mol. The first kappa shape index (κ1) is 15.0. The van der Waals surface area contributed by atoms with Crippen molar-refractivity contribution < 1.29 is 9.84 Å². The third-order valence-corrected chi connectivity index (χ3v) is 5.46. The zero-order valence-electron chi connectivity index (χ0n) is 12.5. The van der Waals surface area contributed by atoms with Crippen molar-refractivity contribution in [3.05, 3.63) is 21.9 Å². The van der Waals surface area contributed by atoms with Crippen molar-refractivity contribution in [3.63, 3.8) is 0 Å². The van der Waals surface area contributed by atoms with Gasteiger partial charge in [-0.1, -0.05) is 13.8 Å². The number of hydrogen-bond acceptors (Lipinski definition) is 3. The van der Waals surface area contributed by atoms with Crippen molar-refractivity contribution in [1.82, 2.24) is 0 Å². The van der Waals surface area contributed by atoms with Gasteiger partial charge in [-0.05, 0) is 57.1 Å². The van der Waals surface area contributed by atoms with E-state index in [-0.39, 0.29) is 5.60 Å². The molecule has 1 aromatic rings. The maximum Gasteiger partial charge on any atom is 0.117 e. The first-order valence-electron chi connectivity index (χ1n) is 7.27. The maximum atomic E-state index is 10.8. The Morgan fingerprint density at radius 2 is 1.89 bits per heavy atom. The van der Waals surface area contributed by atoms with Gasteiger partial charge >= 0.3 is 0 Å². The first-order chi connectivity index (χ1) is 8.88. The average molecular weight is 282 g/mol. The molecule has 3 heteroatoms. The second-order valence-electron chi connectivity index (χ2n) is 6.51. The molecule has 1 heterocycles. The molecule has 1 unspecified atom stereocenters. The van der Waals surface area contributed by atoms with E-state index in [0.29, 0.717) is 12.0 Å². The highest BCUT2D eigenvalue weighted by Crippen LogP contribution is 2.48. The van der Waals surface area contributed by atoms with Gasteiger partial charge < -0.3 is 9.84 Å². The van der Waals surface area contributed by atoms with Crippen LogP contribution in [-0.2, 0) is 4.74 Å². The van der Waals surface area contributed by atoms with Crippen LogP contribution in [0.2, 0.25) is 0 Å². The number of aliphatic hydroxyl groups excluding tert-OH is 1. The highest BCUT2D eigenvalue weighted by atomic mass is 32.1. The summed E-state index contributed by atoms with van der Waals surface area (Å²) in [4.78, 5) is 2.29. The zero-order valence-corrected chi connectivity index (χ0v) is 13.3. The van der Waals surface area contributed by atoms with Gasteiger partial charge in [0.15, 0.2) is 0 Å². The van der Waals surface area contributed by atoms with Crippen molar-refractivity contribution in [2.75, 3.05) is 6.61 Å². The summed E-state index contributed by atoms with van der Waals surface area (Å²) in [5, 5.41) is 10.8. The van der Waals surface area contributed by atoms with Crippen molar-refractivity contribution in [3.8, 4) is 0 Å². The normalized spacial score (nSPS) is 23.2. The van der Waals surface area contributed by atoms with Crippen molar-refractivity contribution in [2.24, 2.45) is 5.41 Å². The average Bonchev–Trinajstić information content (AvgIpc) is 2.78. The van der Waals surface area contributed by atoms with Gasteiger partial charge in [0.25, 0.3) is 0 Å². The Balaban J connectivity index is 2.20. The summed E-state index contributed by atoms with van der Waals surface area (Å²) in [6.07, 6.45) is 3.66. The minimum Gasteiger partial charge on any atom is -0.385 e. The van der Waals surface area contributed by atoms with E-state index in [1.54, 1.807) is 11.3 Å². The lowest BCUT2D eigenvalue weighted by Crippen LogP contribution is -2.44. The molecule has 0 spiro atoms. The Labute approximate surface area is 120 Å². The zero-order chi connectivity index (χ0) is 14.1. The Morgan fingerprint density at radius 3 is 2.37 bits per heavy atom. The fourth-order valence-electron chi connectivity index (χ4n) is 2.99. The number of rotatable bonds is 4.